The summed E-state index contributed by atoms with van der Waals surface area (Å²) in [5.74, 6) is -2.35. The van der Waals surface area contributed by atoms with E-state index in [1.165, 1.54) is 6.92 Å². The monoisotopic (exact) mass is 386 g/mol. The van der Waals surface area contributed by atoms with Crippen LogP contribution in [0.25, 0.3) is 0 Å². The van der Waals surface area contributed by atoms with Gasteiger partial charge in [-0.3, -0.25) is 4.79 Å². The van der Waals surface area contributed by atoms with Crippen molar-refractivity contribution in [2.45, 2.75) is 50.7 Å². The van der Waals surface area contributed by atoms with Crippen LogP contribution in [0.2, 0.25) is 10.0 Å². The zero-order valence-electron chi connectivity index (χ0n) is 13.6. The zero-order chi connectivity index (χ0) is 18.6. The Labute approximate surface area is 155 Å². The first-order valence-corrected chi connectivity index (χ1v) is 8.62. The number of ether oxygens (including phenoxy) is 1. The standard InChI is InChI=1S/C17H17Cl2FN2O3/c1-10(15(23)22-17(9-21)5-3-2-4-6-17)25-16(24)11-7-14(20)13(19)8-12(11)18/h7-8,10H,2-6H2,1H3,(H,22,23)/t10-/m1/s1. The Hall–Kier alpha value is -1.84. The highest BCUT2D eigenvalue weighted by molar-refractivity contribution is 6.36. The van der Waals surface area contributed by atoms with Crippen LogP contribution in [0, 0.1) is 17.1 Å². The molecule has 0 spiro atoms. The first kappa shape index (κ1) is 19.5. The van der Waals surface area contributed by atoms with Crippen molar-refractivity contribution in [3.63, 3.8) is 0 Å². The Morgan fingerprint density at radius 3 is 2.52 bits per heavy atom. The van der Waals surface area contributed by atoms with Crippen LogP contribution in [0.3, 0.4) is 0 Å². The van der Waals surface area contributed by atoms with Gasteiger partial charge in [0.2, 0.25) is 0 Å². The van der Waals surface area contributed by atoms with Gasteiger partial charge in [0.1, 0.15) is 11.4 Å². The van der Waals surface area contributed by atoms with E-state index in [1.807, 2.05) is 0 Å². The summed E-state index contributed by atoms with van der Waals surface area (Å²) < 4.78 is 18.6. The highest BCUT2D eigenvalue weighted by Gasteiger charge is 2.35. The maximum absolute atomic E-state index is 13.5. The van der Waals surface area contributed by atoms with E-state index < -0.39 is 29.3 Å². The molecule has 1 fully saturated rings. The third-order valence-corrected chi connectivity index (χ3v) is 4.77. The summed E-state index contributed by atoms with van der Waals surface area (Å²) in [6.07, 6.45) is 2.68. The zero-order valence-corrected chi connectivity index (χ0v) is 15.1. The first-order chi connectivity index (χ1) is 11.8. The molecule has 1 aromatic carbocycles. The minimum atomic E-state index is -1.16. The number of amides is 1. The van der Waals surface area contributed by atoms with Crippen LogP contribution in [0.15, 0.2) is 12.1 Å². The Morgan fingerprint density at radius 2 is 1.92 bits per heavy atom. The van der Waals surface area contributed by atoms with Gasteiger partial charge in [0.05, 0.1) is 21.7 Å². The van der Waals surface area contributed by atoms with Gasteiger partial charge >= 0.3 is 5.97 Å². The maximum atomic E-state index is 13.5. The van der Waals surface area contributed by atoms with Crippen LogP contribution in [0.1, 0.15) is 49.4 Å². The summed E-state index contributed by atoms with van der Waals surface area (Å²) in [6, 6.07) is 4.10. The number of rotatable bonds is 4. The molecule has 1 aliphatic carbocycles. The van der Waals surface area contributed by atoms with E-state index in [4.69, 9.17) is 27.9 Å². The molecular weight excluding hydrogens is 370 g/mol. The van der Waals surface area contributed by atoms with Crippen molar-refractivity contribution in [1.29, 1.82) is 5.26 Å². The van der Waals surface area contributed by atoms with Crippen LogP contribution >= 0.6 is 23.2 Å². The number of carbonyl (C=O) groups is 2. The van der Waals surface area contributed by atoms with Gasteiger partial charge in [-0.1, -0.05) is 42.5 Å². The quantitative estimate of drug-likeness (QED) is 0.625. The van der Waals surface area contributed by atoms with Crippen LogP contribution in [0.4, 0.5) is 4.39 Å². The highest BCUT2D eigenvalue weighted by Crippen LogP contribution is 2.28. The number of nitriles is 1. The second-order valence-electron chi connectivity index (χ2n) is 6.04. The summed E-state index contributed by atoms with van der Waals surface area (Å²) in [5, 5.41) is 11.7. The Bertz CT molecular complexity index is 727. The van der Waals surface area contributed by atoms with Gasteiger partial charge in [-0.25, -0.2) is 9.18 Å². The largest absolute Gasteiger partial charge is 0.449 e. The molecule has 0 heterocycles. The molecule has 0 radical (unpaired) electrons. The van der Waals surface area contributed by atoms with Crippen LogP contribution < -0.4 is 5.32 Å². The van der Waals surface area contributed by atoms with Crippen molar-refractivity contribution in [2.75, 3.05) is 0 Å². The molecule has 0 bridgehead atoms. The molecule has 2 rings (SSSR count). The van der Waals surface area contributed by atoms with Crippen molar-refractivity contribution in [3.8, 4) is 6.07 Å². The lowest BCUT2D eigenvalue weighted by Gasteiger charge is -2.32. The van der Waals surface area contributed by atoms with Gasteiger partial charge in [0, 0.05) is 0 Å². The van der Waals surface area contributed by atoms with Crippen LogP contribution in [0.5, 0.6) is 0 Å². The Morgan fingerprint density at radius 1 is 1.28 bits per heavy atom. The van der Waals surface area contributed by atoms with E-state index >= 15 is 0 Å². The third-order valence-electron chi connectivity index (χ3n) is 4.17. The number of halogens is 3. The molecular formula is C17H17Cl2FN2O3. The number of benzene rings is 1. The molecule has 0 aliphatic heterocycles. The molecule has 134 valence electrons. The van der Waals surface area contributed by atoms with Gasteiger partial charge in [0.15, 0.2) is 6.10 Å². The summed E-state index contributed by atoms with van der Waals surface area (Å²) >= 11 is 11.4. The van der Waals surface area contributed by atoms with E-state index in [2.05, 4.69) is 11.4 Å². The predicted molar refractivity (Wildman–Crippen MR) is 90.9 cm³/mol. The summed E-state index contributed by atoms with van der Waals surface area (Å²) in [6.45, 7) is 1.38. The molecule has 8 heteroatoms. The minimum absolute atomic E-state index is 0.0789. The van der Waals surface area contributed by atoms with Crippen LogP contribution in [-0.4, -0.2) is 23.5 Å². The van der Waals surface area contributed by atoms with Crippen molar-refractivity contribution in [2.24, 2.45) is 0 Å². The van der Waals surface area contributed by atoms with Gasteiger partial charge in [-0.05, 0) is 31.9 Å². The van der Waals surface area contributed by atoms with Gasteiger partial charge in [0.25, 0.3) is 5.91 Å². The fourth-order valence-corrected chi connectivity index (χ4v) is 3.17. The summed E-state index contributed by atoms with van der Waals surface area (Å²) in [7, 11) is 0. The van der Waals surface area contributed by atoms with Gasteiger partial charge < -0.3 is 10.1 Å². The fraction of sp³-hybridized carbons (Fsp3) is 0.471. The van der Waals surface area contributed by atoms with Gasteiger partial charge in [-0.15, -0.1) is 0 Å². The molecule has 1 amide bonds. The highest BCUT2D eigenvalue weighted by atomic mass is 35.5. The molecule has 1 saturated carbocycles. The molecule has 0 unspecified atom stereocenters. The Balaban J connectivity index is 2.04. The first-order valence-electron chi connectivity index (χ1n) is 7.87. The van der Waals surface area contributed by atoms with E-state index in [1.54, 1.807) is 0 Å². The predicted octanol–water partition coefficient (Wildman–Crippen LogP) is 4.02. The minimum Gasteiger partial charge on any atom is -0.449 e. The number of nitrogens with one attached hydrogen (secondary N) is 1. The number of hydrogen-bond donors (Lipinski definition) is 1. The molecule has 1 N–H and O–H groups in total. The third kappa shape index (κ3) is 4.62. The normalized spacial score (nSPS) is 17.2. The second-order valence-corrected chi connectivity index (χ2v) is 6.85. The molecule has 5 nitrogen and oxygen atoms in total. The van der Waals surface area contributed by atoms with Gasteiger partial charge in [-0.2, -0.15) is 5.26 Å². The number of esters is 1. The smallest absolute Gasteiger partial charge is 0.340 e. The lowest BCUT2D eigenvalue weighted by atomic mass is 9.83. The molecule has 25 heavy (non-hydrogen) atoms. The van der Waals surface area contributed by atoms with E-state index in [0.29, 0.717) is 12.8 Å². The van der Waals surface area contributed by atoms with E-state index in [-0.39, 0.29) is 15.6 Å². The number of hydrogen-bond acceptors (Lipinski definition) is 4. The maximum Gasteiger partial charge on any atom is 0.340 e. The molecule has 0 saturated heterocycles. The SMILES string of the molecule is C[C@@H](OC(=O)c1cc(F)c(Cl)cc1Cl)C(=O)NC1(C#N)CCCCC1. The van der Waals surface area contributed by atoms with E-state index in [9.17, 15) is 19.2 Å². The van der Waals surface area contributed by atoms with Crippen molar-refractivity contribution in [3.05, 3.63) is 33.6 Å². The summed E-state index contributed by atoms with van der Waals surface area (Å²) in [4.78, 5) is 24.4. The van der Waals surface area contributed by atoms with Crippen molar-refractivity contribution in [1.82, 2.24) is 5.32 Å². The topological polar surface area (TPSA) is 79.2 Å². The lowest BCUT2D eigenvalue weighted by Crippen LogP contribution is -2.52. The van der Waals surface area contributed by atoms with Crippen LogP contribution in [-0.2, 0) is 9.53 Å². The van der Waals surface area contributed by atoms with E-state index in [0.717, 1.165) is 31.4 Å². The van der Waals surface area contributed by atoms with Crippen molar-refractivity contribution < 1.29 is 18.7 Å². The van der Waals surface area contributed by atoms with Crippen molar-refractivity contribution >= 4 is 35.1 Å². The second kappa shape index (κ2) is 8.03. The average molecular weight is 387 g/mol. The Kier molecular flexibility index (Phi) is 6.26. The average Bonchev–Trinajstić information content (AvgIpc) is 2.58. The lowest BCUT2D eigenvalue weighted by molar-refractivity contribution is -0.130. The molecule has 0 aromatic heterocycles. The number of nitrogens with zero attached hydrogens (tertiary/aromatic N) is 1. The number of carbonyl (C=O) groups excluding carboxylic acids is 2. The molecule has 1 aromatic rings. The molecule has 1 atom stereocenters. The fourth-order valence-electron chi connectivity index (χ4n) is 2.71. The molecule has 1 aliphatic rings. The summed E-state index contributed by atoms with van der Waals surface area (Å²) in [5.41, 5.74) is -1.16.